The number of hydrogen-bond acceptors (Lipinski definition) is 1. The van der Waals surface area contributed by atoms with Crippen molar-refractivity contribution in [2.45, 2.75) is 6.92 Å². The van der Waals surface area contributed by atoms with Crippen LogP contribution < -0.4 is 5.73 Å². The summed E-state index contributed by atoms with van der Waals surface area (Å²) in [5.41, 5.74) is 4.47. The zero-order valence-corrected chi connectivity index (χ0v) is 7.01. The highest BCUT2D eigenvalue weighted by molar-refractivity contribution is 6.30. The molecule has 11 heavy (non-hydrogen) atoms. The molecule has 0 radical (unpaired) electrons. The molecule has 0 unspecified atom stereocenters. The summed E-state index contributed by atoms with van der Waals surface area (Å²) in [4.78, 5) is 9.22. The van der Waals surface area contributed by atoms with Gasteiger partial charge in [-0.15, -0.1) is 0 Å². The average molecular weight is 172 g/mol. The van der Waals surface area contributed by atoms with Crippen molar-refractivity contribution >= 4 is 17.5 Å². The van der Waals surface area contributed by atoms with E-state index in [1.807, 2.05) is 30.3 Å². The predicted molar refractivity (Wildman–Crippen MR) is 46.3 cm³/mol. The normalized spacial score (nSPS) is 7.82. The number of carbonyl (C=O) groups is 1. The molecule has 0 aromatic heterocycles. The van der Waals surface area contributed by atoms with E-state index in [2.05, 4.69) is 5.73 Å². The topological polar surface area (TPSA) is 43.1 Å². The van der Waals surface area contributed by atoms with Gasteiger partial charge in [-0.1, -0.05) is 29.8 Å². The van der Waals surface area contributed by atoms with Crippen molar-refractivity contribution in [2.75, 3.05) is 0 Å². The van der Waals surface area contributed by atoms with Crippen LogP contribution >= 0.6 is 11.6 Å². The van der Waals surface area contributed by atoms with Crippen LogP contribution in [0.3, 0.4) is 0 Å². The molecule has 3 heteroatoms. The monoisotopic (exact) mass is 171 g/mol. The van der Waals surface area contributed by atoms with E-state index >= 15 is 0 Å². The summed E-state index contributed by atoms with van der Waals surface area (Å²) >= 11 is 5.54. The highest BCUT2D eigenvalue weighted by Gasteiger charge is 1.74. The third kappa shape index (κ3) is 8.98. The van der Waals surface area contributed by atoms with Gasteiger partial charge in [0.25, 0.3) is 0 Å². The van der Waals surface area contributed by atoms with Crippen LogP contribution in [0.5, 0.6) is 0 Å². The van der Waals surface area contributed by atoms with Gasteiger partial charge in [0.1, 0.15) is 0 Å². The van der Waals surface area contributed by atoms with Crippen molar-refractivity contribution in [1.82, 2.24) is 0 Å². The van der Waals surface area contributed by atoms with Gasteiger partial charge in [0, 0.05) is 11.9 Å². The summed E-state index contributed by atoms with van der Waals surface area (Å²) in [5.74, 6) is -0.333. The molecule has 0 saturated carbocycles. The lowest BCUT2D eigenvalue weighted by molar-refractivity contribution is -0.115. The maximum Gasteiger partial charge on any atom is 0.214 e. The molecule has 0 atom stereocenters. The van der Waals surface area contributed by atoms with Gasteiger partial charge in [-0.05, 0) is 12.1 Å². The van der Waals surface area contributed by atoms with Crippen LogP contribution in [0, 0.1) is 0 Å². The molecule has 2 N–H and O–H groups in total. The zero-order valence-electron chi connectivity index (χ0n) is 6.25. The summed E-state index contributed by atoms with van der Waals surface area (Å²) in [6.45, 7) is 1.31. The van der Waals surface area contributed by atoms with E-state index in [4.69, 9.17) is 11.6 Å². The molecular weight excluding hydrogens is 162 g/mol. The summed E-state index contributed by atoms with van der Waals surface area (Å²) < 4.78 is 0. The van der Waals surface area contributed by atoms with Crippen molar-refractivity contribution < 1.29 is 4.79 Å². The van der Waals surface area contributed by atoms with Crippen molar-refractivity contribution in [2.24, 2.45) is 5.73 Å². The molecule has 2 nitrogen and oxygen atoms in total. The molecule has 1 aromatic rings. The van der Waals surface area contributed by atoms with Gasteiger partial charge in [-0.2, -0.15) is 0 Å². The average Bonchev–Trinajstić information content (AvgIpc) is 1.87. The third-order valence-electron chi connectivity index (χ3n) is 0.733. The molecule has 0 bridgehead atoms. The van der Waals surface area contributed by atoms with E-state index in [-0.39, 0.29) is 5.91 Å². The molecule has 60 valence electrons. The minimum Gasteiger partial charge on any atom is -0.370 e. The molecule has 0 fully saturated rings. The molecular formula is C8H10ClNO. The quantitative estimate of drug-likeness (QED) is 0.636. The van der Waals surface area contributed by atoms with Crippen LogP contribution in [0.2, 0.25) is 5.02 Å². The fourth-order valence-corrected chi connectivity index (χ4v) is 0.560. The minimum atomic E-state index is -0.333. The maximum atomic E-state index is 9.22. The summed E-state index contributed by atoms with van der Waals surface area (Å²) in [7, 11) is 0. The summed E-state index contributed by atoms with van der Waals surface area (Å²) in [6.07, 6.45) is 0. The van der Waals surface area contributed by atoms with Gasteiger partial charge in [-0.3, -0.25) is 4.79 Å². The van der Waals surface area contributed by atoms with Gasteiger partial charge in [0.15, 0.2) is 0 Å². The molecule has 0 saturated heterocycles. The SMILES string of the molecule is CC(N)=O.Clc1ccccc1. The van der Waals surface area contributed by atoms with Crippen molar-refractivity contribution in [3.63, 3.8) is 0 Å². The lowest BCUT2D eigenvalue weighted by Gasteiger charge is -1.80. The second-order valence-corrected chi connectivity index (χ2v) is 2.34. The first kappa shape index (κ1) is 9.98. The Morgan fingerprint density at radius 1 is 1.36 bits per heavy atom. The number of halogens is 1. The Kier molecular flexibility index (Phi) is 5.21. The molecule has 1 rings (SSSR count). The number of hydrogen-bond donors (Lipinski definition) is 1. The molecule has 0 spiro atoms. The Bertz CT molecular complexity index is 207. The Morgan fingerprint density at radius 2 is 1.73 bits per heavy atom. The van der Waals surface area contributed by atoms with Crippen LogP contribution in [0.1, 0.15) is 6.92 Å². The second-order valence-electron chi connectivity index (χ2n) is 1.91. The van der Waals surface area contributed by atoms with Crippen LogP contribution in [-0.2, 0) is 4.79 Å². The first-order valence-electron chi connectivity index (χ1n) is 3.09. The molecule has 0 aliphatic heterocycles. The first-order valence-corrected chi connectivity index (χ1v) is 3.47. The van der Waals surface area contributed by atoms with E-state index in [1.165, 1.54) is 6.92 Å². The number of nitrogens with two attached hydrogens (primary N) is 1. The van der Waals surface area contributed by atoms with E-state index in [9.17, 15) is 4.79 Å². The largest absolute Gasteiger partial charge is 0.370 e. The van der Waals surface area contributed by atoms with Gasteiger partial charge < -0.3 is 5.73 Å². The lowest BCUT2D eigenvalue weighted by Crippen LogP contribution is -2.01. The fraction of sp³-hybridized carbons (Fsp3) is 0.125. The highest BCUT2D eigenvalue weighted by atomic mass is 35.5. The van der Waals surface area contributed by atoms with Crippen LogP contribution in [-0.4, -0.2) is 5.91 Å². The highest BCUT2D eigenvalue weighted by Crippen LogP contribution is 2.03. The van der Waals surface area contributed by atoms with Crippen LogP contribution in [0.15, 0.2) is 30.3 Å². The fourth-order valence-electron chi connectivity index (χ4n) is 0.415. The van der Waals surface area contributed by atoms with Gasteiger partial charge in [-0.25, -0.2) is 0 Å². The number of amides is 1. The van der Waals surface area contributed by atoms with Crippen LogP contribution in [0.4, 0.5) is 0 Å². The molecule has 0 heterocycles. The van der Waals surface area contributed by atoms with Crippen molar-refractivity contribution in [1.29, 1.82) is 0 Å². The standard InChI is InChI=1S/C6H5Cl.C2H5NO/c7-6-4-2-1-3-5-6;1-2(3)4/h1-5H;1H3,(H2,3,4). The zero-order chi connectivity index (χ0) is 8.69. The maximum absolute atomic E-state index is 9.22. The van der Waals surface area contributed by atoms with Crippen LogP contribution in [0.25, 0.3) is 0 Å². The summed E-state index contributed by atoms with van der Waals surface area (Å²) in [6, 6.07) is 9.44. The smallest absolute Gasteiger partial charge is 0.214 e. The molecule has 1 aromatic carbocycles. The van der Waals surface area contributed by atoms with E-state index in [1.54, 1.807) is 0 Å². The molecule has 0 aliphatic rings. The Labute approximate surface area is 71.0 Å². The Balaban J connectivity index is 0.000000218. The third-order valence-corrected chi connectivity index (χ3v) is 0.985. The van der Waals surface area contributed by atoms with Gasteiger partial charge in [0.2, 0.25) is 5.91 Å². The number of benzene rings is 1. The van der Waals surface area contributed by atoms with Crippen molar-refractivity contribution in [3.8, 4) is 0 Å². The van der Waals surface area contributed by atoms with Crippen molar-refractivity contribution in [3.05, 3.63) is 35.4 Å². The number of primary amides is 1. The molecule has 0 aliphatic carbocycles. The van der Waals surface area contributed by atoms with E-state index < -0.39 is 0 Å². The Hall–Kier alpha value is -1.02. The summed E-state index contributed by atoms with van der Waals surface area (Å²) in [5, 5.41) is 0.794. The van der Waals surface area contributed by atoms with E-state index in [0.29, 0.717) is 0 Å². The second kappa shape index (κ2) is 5.74. The van der Waals surface area contributed by atoms with Gasteiger partial charge in [0.05, 0.1) is 0 Å². The number of carbonyl (C=O) groups excluding carboxylic acids is 1. The Morgan fingerprint density at radius 3 is 1.91 bits per heavy atom. The molecule has 1 amide bonds. The lowest BCUT2D eigenvalue weighted by atomic mass is 10.4. The minimum absolute atomic E-state index is 0.333. The van der Waals surface area contributed by atoms with E-state index in [0.717, 1.165) is 5.02 Å². The van der Waals surface area contributed by atoms with Gasteiger partial charge >= 0.3 is 0 Å². The number of rotatable bonds is 0. The predicted octanol–water partition coefficient (Wildman–Crippen LogP) is 1.83. The first-order chi connectivity index (χ1) is 5.13.